The fourth-order valence-corrected chi connectivity index (χ4v) is 2.95. The highest BCUT2D eigenvalue weighted by atomic mass is 15.1. The van der Waals surface area contributed by atoms with Gasteiger partial charge in [0.05, 0.1) is 11.6 Å². The van der Waals surface area contributed by atoms with E-state index in [0.29, 0.717) is 5.41 Å². The largest absolute Gasteiger partial charge is 0.299 e. The zero-order chi connectivity index (χ0) is 13.9. The minimum absolute atomic E-state index is 0.437. The lowest BCUT2D eigenvalue weighted by Gasteiger charge is -2.38. The Morgan fingerprint density at radius 1 is 1.26 bits per heavy atom. The number of piperidine rings is 1. The molecule has 1 aliphatic heterocycles. The van der Waals surface area contributed by atoms with Gasteiger partial charge in [0.1, 0.15) is 0 Å². The van der Waals surface area contributed by atoms with Gasteiger partial charge in [-0.1, -0.05) is 32.9 Å². The van der Waals surface area contributed by atoms with Gasteiger partial charge in [-0.2, -0.15) is 5.26 Å². The van der Waals surface area contributed by atoms with Gasteiger partial charge in [-0.3, -0.25) is 4.90 Å². The lowest BCUT2D eigenvalue weighted by atomic mass is 9.75. The van der Waals surface area contributed by atoms with Gasteiger partial charge in [-0.25, -0.2) is 0 Å². The highest BCUT2D eigenvalue weighted by molar-refractivity contribution is 5.32. The Balaban J connectivity index is 1.91. The van der Waals surface area contributed by atoms with Crippen LogP contribution in [0.4, 0.5) is 0 Å². The molecular formula is C17H24N2. The molecule has 1 heterocycles. The van der Waals surface area contributed by atoms with E-state index in [0.717, 1.165) is 18.0 Å². The molecule has 19 heavy (non-hydrogen) atoms. The average molecular weight is 256 g/mol. The first-order chi connectivity index (χ1) is 8.99. The summed E-state index contributed by atoms with van der Waals surface area (Å²) in [5.74, 6) is 0.842. The van der Waals surface area contributed by atoms with Crippen molar-refractivity contribution in [1.29, 1.82) is 5.26 Å². The Hall–Kier alpha value is -1.33. The van der Waals surface area contributed by atoms with Gasteiger partial charge in [0.15, 0.2) is 0 Å². The summed E-state index contributed by atoms with van der Waals surface area (Å²) in [6.45, 7) is 10.4. The van der Waals surface area contributed by atoms with Crippen LogP contribution in [0.5, 0.6) is 0 Å². The average Bonchev–Trinajstić information content (AvgIpc) is 2.38. The Labute approximate surface area is 117 Å². The van der Waals surface area contributed by atoms with Crippen molar-refractivity contribution < 1.29 is 0 Å². The van der Waals surface area contributed by atoms with Crippen LogP contribution >= 0.6 is 0 Å². The lowest BCUT2D eigenvalue weighted by Crippen LogP contribution is -2.37. The number of nitrogens with zero attached hydrogens (tertiary/aromatic N) is 2. The maximum absolute atomic E-state index is 8.93. The minimum Gasteiger partial charge on any atom is -0.299 e. The van der Waals surface area contributed by atoms with E-state index in [2.05, 4.69) is 37.8 Å². The van der Waals surface area contributed by atoms with E-state index in [1.165, 1.54) is 31.5 Å². The van der Waals surface area contributed by atoms with E-state index in [1.807, 2.05) is 18.2 Å². The first-order valence-corrected chi connectivity index (χ1v) is 7.20. The number of nitriles is 1. The molecule has 2 heteroatoms. The maximum atomic E-state index is 8.93. The molecule has 0 aromatic heterocycles. The second-order valence-corrected chi connectivity index (χ2v) is 6.73. The third-order valence-electron chi connectivity index (χ3n) is 4.27. The van der Waals surface area contributed by atoms with Crippen LogP contribution in [0.3, 0.4) is 0 Å². The molecule has 2 rings (SSSR count). The Bertz CT molecular complexity index is 457. The highest BCUT2D eigenvalue weighted by Gasteiger charge is 2.28. The van der Waals surface area contributed by atoms with Crippen molar-refractivity contribution in [2.75, 3.05) is 13.1 Å². The molecule has 0 amide bonds. The Morgan fingerprint density at radius 2 is 1.95 bits per heavy atom. The molecule has 0 radical (unpaired) electrons. The number of rotatable bonds is 2. The second kappa shape index (κ2) is 5.75. The fourth-order valence-electron chi connectivity index (χ4n) is 2.95. The number of hydrogen-bond donors (Lipinski definition) is 0. The fraction of sp³-hybridized carbons (Fsp3) is 0.588. The molecule has 0 aliphatic carbocycles. The van der Waals surface area contributed by atoms with Crippen molar-refractivity contribution in [2.24, 2.45) is 11.3 Å². The third kappa shape index (κ3) is 3.81. The zero-order valence-electron chi connectivity index (χ0n) is 12.3. The molecule has 0 N–H and O–H groups in total. The van der Waals surface area contributed by atoms with E-state index < -0.39 is 0 Å². The molecule has 102 valence electrons. The minimum atomic E-state index is 0.437. The lowest BCUT2D eigenvalue weighted by molar-refractivity contribution is 0.108. The van der Waals surface area contributed by atoms with E-state index in [9.17, 15) is 0 Å². The van der Waals surface area contributed by atoms with E-state index in [4.69, 9.17) is 5.26 Å². The SMILES string of the molecule is CC(C)(C)C1CCN(Cc2cccc(C#N)c2)CC1. The monoisotopic (exact) mass is 256 g/mol. The molecule has 0 unspecified atom stereocenters. The van der Waals surface area contributed by atoms with Gasteiger partial charge < -0.3 is 0 Å². The Kier molecular flexibility index (Phi) is 4.27. The summed E-state index contributed by atoms with van der Waals surface area (Å²) in [6.07, 6.45) is 2.59. The summed E-state index contributed by atoms with van der Waals surface area (Å²) >= 11 is 0. The standard InChI is InChI=1S/C17H24N2/c1-17(2,3)16-7-9-19(10-8-16)13-15-6-4-5-14(11-15)12-18/h4-6,11,16H,7-10,13H2,1-3H3. The summed E-state index contributed by atoms with van der Waals surface area (Å²) in [5.41, 5.74) is 2.46. The molecule has 0 spiro atoms. The van der Waals surface area contributed by atoms with Gasteiger partial charge in [0.2, 0.25) is 0 Å². The number of likely N-dealkylation sites (tertiary alicyclic amines) is 1. The van der Waals surface area contributed by atoms with E-state index in [1.54, 1.807) is 0 Å². The molecule has 0 saturated carbocycles. The van der Waals surface area contributed by atoms with Gasteiger partial charge in [-0.05, 0) is 55.0 Å². The van der Waals surface area contributed by atoms with Crippen molar-refractivity contribution in [1.82, 2.24) is 4.90 Å². The van der Waals surface area contributed by atoms with Crippen molar-refractivity contribution in [3.8, 4) is 6.07 Å². The predicted molar refractivity (Wildman–Crippen MR) is 78.6 cm³/mol. The molecule has 1 aromatic carbocycles. The summed E-state index contributed by atoms with van der Waals surface area (Å²) in [5, 5.41) is 8.93. The van der Waals surface area contributed by atoms with Crippen molar-refractivity contribution in [3.05, 3.63) is 35.4 Å². The molecule has 2 nitrogen and oxygen atoms in total. The molecule has 0 bridgehead atoms. The zero-order valence-corrected chi connectivity index (χ0v) is 12.3. The van der Waals surface area contributed by atoms with E-state index in [-0.39, 0.29) is 0 Å². The molecule has 1 saturated heterocycles. The van der Waals surface area contributed by atoms with Crippen molar-refractivity contribution in [2.45, 2.75) is 40.2 Å². The maximum Gasteiger partial charge on any atom is 0.0991 e. The summed E-state index contributed by atoms with van der Waals surface area (Å²) in [4.78, 5) is 2.51. The number of benzene rings is 1. The second-order valence-electron chi connectivity index (χ2n) is 6.73. The molecule has 1 fully saturated rings. The van der Waals surface area contributed by atoms with Gasteiger partial charge in [-0.15, -0.1) is 0 Å². The van der Waals surface area contributed by atoms with Crippen LogP contribution in [0.1, 0.15) is 44.7 Å². The molecule has 1 aliphatic rings. The number of hydrogen-bond acceptors (Lipinski definition) is 2. The molecule has 1 aromatic rings. The Morgan fingerprint density at radius 3 is 2.53 bits per heavy atom. The van der Waals surface area contributed by atoms with Crippen LogP contribution < -0.4 is 0 Å². The normalized spacial score (nSPS) is 18.2. The van der Waals surface area contributed by atoms with E-state index >= 15 is 0 Å². The van der Waals surface area contributed by atoms with Gasteiger partial charge in [0.25, 0.3) is 0 Å². The van der Waals surface area contributed by atoms with Crippen LogP contribution in [-0.2, 0) is 6.54 Å². The first kappa shape index (κ1) is 14.1. The van der Waals surface area contributed by atoms with Crippen LogP contribution in [0.2, 0.25) is 0 Å². The summed E-state index contributed by atoms with van der Waals surface area (Å²) < 4.78 is 0. The summed E-state index contributed by atoms with van der Waals surface area (Å²) in [6, 6.07) is 10.2. The first-order valence-electron chi connectivity index (χ1n) is 7.20. The van der Waals surface area contributed by atoms with Crippen LogP contribution in [0.15, 0.2) is 24.3 Å². The van der Waals surface area contributed by atoms with Crippen molar-refractivity contribution >= 4 is 0 Å². The van der Waals surface area contributed by atoms with Crippen LogP contribution in [-0.4, -0.2) is 18.0 Å². The topological polar surface area (TPSA) is 27.0 Å². The van der Waals surface area contributed by atoms with Crippen LogP contribution in [0, 0.1) is 22.7 Å². The smallest absolute Gasteiger partial charge is 0.0991 e. The predicted octanol–water partition coefficient (Wildman–Crippen LogP) is 3.82. The van der Waals surface area contributed by atoms with Gasteiger partial charge >= 0.3 is 0 Å². The third-order valence-corrected chi connectivity index (χ3v) is 4.27. The van der Waals surface area contributed by atoms with Gasteiger partial charge in [0, 0.05) is 6.54 Å². The molecular weight excluding hydrogens is 232 g/mol. The van der Waals surface area contributed by atoms with Crippen molar-refractivity contribution in [3.63, 3.8) is 0 Å². The molecule has 0 atom stereocenters. The quantitative estimate of drug-likeness (QED) is 0.804. The van der Waals surface area contributed by atoms with Crippen LogP contribution in [0.25, 0.3) is 0 Å². The summed E-state index contributed by atoms with van der Waals surface area (Å²) in [7, 11) is 0. The highest BCUT2D eigenvalue weighted by Crippen LogP contribution is 2.34.